The molecular formula is C25H27ClN2O3S2. The summed E-state index contributed by atoms with van der Waals surface area (Å²) in [7, 11) is -3.51. The van der Waals surface area contributed by atoms with Crippen molar-refractivity contribution in [3.63, 3.8) is 0 Å². The number of anilines is 1. The number of benzene rings is 3. The fourth-order valence-corrected chi connectivity index (χ4v) is 4.98. The van der Waals surface area contributed by atoms with E-state index in [2.05, 4.69) is 36.5 Å². The highest BCUT2D eigenvalue weighted by atomic mass is 35.5. The lowest BCUT2D eigenvalue weighted by Crippen LogP contribution is -2.29. The van der Waals surface area contributed by atoms with Crippen LogP contribution in [0.15, 0.2) is 72.8 Å². The van der Waals surface area contributed by atoms with Crippen LogP contribution in [0.1, 0.15) is 27.0 Å². The van der Waals surface area contributed by atoms with Crippen LogP contribution in [-0.4, -0.2) is 32.9 Å². The van der Waals surface area contributed by atoms with Crippen LogP contribution in [0.4, 0.5) is 5.69 Å². The molecule has 0 fully saturated rings. The molecule has 0 radical (unpaired) electrons. The van der Waals surface area contributed by atoms with Gasteiger partial charge in [-0.25, -0.2) is 8.42 Å². The van der Waals surface area contributed by atoms with Gasteiger partial charge in [-0.15, -0.1) is 0 Å². The van der Waals surface area contributed by atoms with Crippen molar-refractivity contribution in [2.24, 2.45) is 0 Å². The molecule has 3 aromatic carbocycles. The summed E-state index contributed by atoms with van der Waals surface area (Å²) in [5, 5.41) is 3.51. The molecule has 0 bridgehead atoms. The standard InChI is InChI=1S/C25H27ClN2O3S2/c1-19-3-5-21(6-4-19)18-32-16-15-27-25(29)22-9-13-24(14-10-22)28(33(2,30)31)17-20-7-11-23(26)12-8-20/h3-14H,15-18H2,1-2H3,(H,27,29). The molecule has 3 rings (SSSR count). The monoisotopic (exact) mass is 502 g/mol. The van der Waals surface area contributed by atoms with E-state index in [4.69, 9.17) is 11.6 Å². The summed E-state index contributed by atoms with van der Waals surface area (Å²) in [5.74, 6) is 1.53. The van der Waals surface area contributed by atoms with Gasteiger partial charge in [-0.2, -0.15) is 11.8 Å². The number of rotatable bonds is 10. The number of hydrogen-bond acceptors (Lipinski definition) is 4. The minimum absolute atomic E-state index is 0.180. The van der Waals surface area contributed by atoms with Gasteiger partial charge in [0.1, 0.15) is 0 Å². The lowest BCUT2D eigenvalue weighted by molar-refractivity contribution is 0.0956. The van der Waals surface area contributed by atoms with E-state index in [0.717, 1.165) is 23.3 Å². The molecule has 0 saturated carbocycles. The molecule has 174 valence electrons. The smallest absolute Gasteiger partial charge is 0.251 e. The Hall–Kier alpha value is -2.48. The zero-order valence-electron chi connectivity index (χ0n) is 18.6. The highest BCUT2D eigenvalue weighted by Gasteiger charge is 2.18. The molecule has 0 aliphatic carbocycles. The summed E-state index contributed by atoms with van der Waals surface area (Å²) in [6.45, 7) is 2.81. The van der Waals surface area contributed by atoms with Crippen molar-refractivity contribution in [2.45, 2.75) is 19.2 Å². The Morgan fingerprint density at radius 3 is 2.15 bits per heavy atom. The van der Waals surface area contributed by atoms with Gasteiger partial charge in [0, 0.05) is 28.6 Å². The summed E-state index contributed by atoms with van der Waals surface area (Å²) in [5.41, 5.74) is 4.31. The Bertz CT molecular complexity index is 1160. The molecule has 0 spiro atoms. The number of nitrogens with one attached hydrogen (secondary N) is 1. The van der Waals surface area contributed by atoms with Crippen LogP contribution in [0.2, 0.25) is 5.02 Å². The molecule has 0 heterocycles. The van der Waals surface area contributed by atoms with Crippen molar-refractivity contribution in [3.05, 3.63) is 100 Å². The second kappa shape index (κ2) is 11.6. The number of carbonyl (C=O) groups is 1. The van der Waals surface area contributed by atoms with Crippen molar-refractivity contribution < 1.29 is 13.2 Å². The van der Waals surface area contributed by atoms with E-state index in [1.54, 1.807) is 60.3 Å². The number of thioether (sulfide) groups is 1. The normalized spacial score (nSPS) is 11.2. The number of hydrogen-bond donors (Lipinski definition) is 1. The van der Waals surface area contributed by atoms with Crippen LogP contribution >= 0.6 is 23.4 Å². The highest BCUT2D eigenvalue weighted by Crippen LogP contribution is 2.22. The number of halogens is 1. The molecule has 1 amide bonds. The fraction of sp³-hybridized carbons (Fsp3) is 0.240. The van der Waals surface area contributed by atoms with Gasteiger partial charge < -0.3 is 5.32 Å². The Morgan fingerprint density at radius 1 is 0.939 bits per heavy atom. The van der Waals surface area contributed by atoms with Gasteiger partial charge in [-0.05, 0) is 54.4 Å². The predicted molar refractivity (Wildman–Crippen MR) is 139 cm³/mol. The summed E-state index contributed by atoms with van der Waals surface area (Å²) in [4.78, 5) is 12.5. The lowest BCUT2D eigenvalue weighted by atomic mass is 10.2. The first-order chi connectivity index (χ1) is 15.7. The van der Waals surface area contributed by atoms with E-state index in [1.807, 2.05) is 0 Å². The third-order valence-corrected chi connectivity index (χ3v) is 7.40. The first-order valence-electron chi connectivity index (χ1n) is 10.5. The van der Waals surface area contributed by atoms with Crippen LogP contribution in [0.25, 0.3) is 0 Å². The molecule has 8 heteroatoms. The third kappa shape index (κ3) is 7.81. The predicted octanol–water partition coefficient (Wildman–Crippen LogP) is 5.28. The average molecular weight is 503 g/mol. The fourth-order valence-electron chi connectivity index (χ4n) is 3.15. The Morgan fingerprint density at radius 2 is 1.55 bits per heavy atom. The van der Waals surface area contributed by atoms with Gasteiger partial charge in [0.15, 0.2) is 0 Å². The molecule has 0 unspecified atom stereocenters. The molecule has 5 nitrogen and oxygen atoms in total. The molecule has 0 aliphatic rings. The van der Waals surface area contributed by atoms with Crippen molar-refractivity contribution in [1.82, 2.24) is 5.32 Å². The number of aryl methyl sites for hydroxylation is 1. The van der Waals surface area contributed by atoms with Crippen LogP contribution in [0.3, 0.4) is 0 Å². The van der Waals surface area contributed by atoms with Gasteiger partial charge in [-0.1, -0.05) is 53.6 Å². The van der Waals surface area contributed by atoms with Crippen molar-refractivity contribution in [3.8, 4) is 0 Å². The van der Waals surface area contributed by atoms with Crippen molar-refractivity contribution in [1.29, 1.82) is 0 Å². The minimum Gasteiger partial charge on any atom is -0.351 e. The average Bonchev–Trinajstić information content (AvgIpc) is 2.79. The van der Waals surface area contributed by atoms with E-state index >= 15 is 0 Å². The van der Waals surface area contributed by atoms with E-state index < -0.39 is 10.0 Å². The van der Waals surface area contributed by atoms with Crippen LogP contribution in [0, 0.1) is 6.92 Å². The zero-order valence-corrected chi connectivity index (χ0v) is 21.0. The summed E-state index contributed by atoms with van der Waals surface area (Å²) >= 11 is 7.68. The van der Waals surface area contributed by atoms with Crippen molar-refractivity contribution in [2.75, 3.05) is 22.9 Å². The number of carbonyl (C=O) groups excluding carboxylic acids is 1. The van der Waals surface area contributed by atoms with Gasteiger partial charge >= 0.3 is 0 Å². The topological polar surface area (TPSA) is 66.5 Å². The maximum Gasteiger partial charge on any atom is 0.251 e. The summed E-state index contributed by atoms with van der Waals surface area (Å²) < 4.78 is 26.0. The molecular weight excluding hydrogens is 476 g/mol. The molecule has 33 heavy (non-hydrogen) atoms. The highest BCUT2D eigenvalue weighted by molar-refractivity contribution is 7.98. The maximum atomic E-state index is 12.5. The number of amides is 1. The molecule has 0 aliphatic heterocycles. The molecule has 1 N–H and O–H groups in total. The van der Waals surface area contributed by atoms with E-state index in [1.165, 1.54) is 15.4 Å². The molecule has 3 aromatic rings. The Labute approximate surface area is 205 Å². The van der Waals surface area contributed by atoms with E-state index in [-0.39, 0.29) is 12.5 Å². The molecule has 0 saturated heterocycles. The van der Waals surface area contributed by atoms with E-state index in [0.29, 0.717) is 22.8 Å². The first kappa shape index (κ1) is 25.1. The Kier molecular flexibility index (Phi) is 8.83. The second-order valence-electron chi connectivity index (χ2n) is 7.74. The van der Waals surface area contributed by atoms with Gasteiger partial charge in [0.2, 0.25) is 10.0 Å². The van der Waals surface area contributed by atoms with E-state index in [9.17, 15) is 13.2 Å². The van der Waals surface area contributed by atoms with Crippen molar-refractivity contribution >= 4 is 45.0 Å². The van der Waals surface area contributed by atoms with Crippen LogP contribution in [-0.2, 0) is 22.3 Å². The largest absolute Gasteiger partial charge is 0.351 e. The SMILES string of the molecule is Cc1ccc(CSCCNC(=O)c2ccc(N(Cc3ccc(Cl)cc3)S(C)(=O)=O)cc2)cc1. The first-order valence-corrected chi connectivity index (χ1v) is 13.8. The second-order valence-corrected chi connectivity index (χ2v) is 11.2. The maximum absolute atomic E-state index is 12.5. The molecule has 0 atom stereocenters. The number of sulfonamides is 1. The van der Waals surface area contributed by atoms with Crippen LogP contribution < -0.4 is 9.62 Å². The number of nitrogens with zero attached hydrogens (tertiary/aromatic N) is 1. The summed E-state index contributed by atoms with van der Waals surface area (Å²) in [6, 6.07) is 22.1. The summed E-state index contributed by atoms with van der Waals surface area (Å²) in [6.07, 6.45) is 1.16. The van der Waals surface area contributed by atoms with Gasteiger partial charge in [0.25, 0.3) is 5.91 Å². The van der Waals surface area contributed by atoms with Crippen LogP contribution in [0.5, 0.6) is 0 Å². The third-order valence-electron chi connectivity index (χ3n) is 4.98. The Balaban J connectivity index is 1.54. The molecule has 0 aromatic heterocycles. The minimum atomic E-state index is -3.51. The van der Waals surface area contributed by atoms with Gasteiger partial charge in [0.05, 0.1) is 18.5 Å². The lowest BCUT2D eigenvalue weighted by Gasteiger charge is -2.22. The van der Waals surface area contributed by atoms with Gasteiger partial charge in [-0.3, -0.25) is 9.10 Å². The zero-order chi connectivity index (χ0) is 23.8. The quantitative estimate of drug-likeness (QED) is 0.383.